The number of methoxy groups -OCH3 is 1. The molecule has 1 saturated heterocycles. The quantitative estimate of drug-likeness (QED) is 0.820. The average Bonchev–Trinajstić information content (AvgIpc) is 2.68. The molecular formula is C20H24ClN3O2. The molecule has 1 N–H and O–H groups in total. The Morgan fingerprint density at radius 2 is 2.19 bits per heavy atom. The molecule has 0 radical (unpaired) electrons. The normalized spacial score (nSPS) is 17.0. The van der Waals surface area contributed by atoms with E-state index in [1.165, 1.54) is 19.3 Å². The van der Waals surface area contributed by atoms with Crippen LogP contribution in [0.4, 0.5) is 11.4 Å². The SMILES string of the molecule is CCC1CCCCN1c1ccc(C(=O)Nc2ccc(OC)c(Cl)c2)nc1. The molecule has 2 aromatic rings. The van der Waals surface area contributed by atoms with Gasteiger partial charge >= 0.3 is 0 Å². The number of nitrogens with zero attached hydrogens (tertiary/aromatic N) is 2. The predicted molar refractivity (Wildman–Crippen MR) is 105 cm³/mol. The van der Waals surface area contributed by atoms with Gasteiger partial charge in [-0.3, -0.25) is 4.79 Å². The number of ether oxygens (including phenoxy) is 1. The van der Waals surface area contributed by atoms with Crippen molar-refractivity contribution < 1.29 is 9.53 Å². The molecule has 1 atom stereocenters. The van der Waals surface area contributed by atoms with Gasteiger partial charge in [0.15, 0.2) is 0 Å². The van der Waals surface area contributed by atoms with E-state index in [0.29, 0.717) is 28.2 Å². The van der Waals surface area contributed by atoms with Crippen molar-refractivity contribution in [3.05, 3.63) is 47.2 Å². The Kier molecular flexibility index (Phi) is 5.99. The summed E-state index contributed by atoms with van der Waals surface area (Å²) < 4.78 is 5.12. The first kappa shape index (κ1) is 18.5. The van der Waals surface area contributed by atoms with Gasteiger partial charge in [0.2, 0.25) is 0 Å². The number of nitrogens with one attached hydrogen (secondary N) is 1. The van der Waals surface area contributed by atoms with Crippen LogP contribution in [-0.2, 0) is 0 Å². The number of pyridine rings is 1. The van der Waals surface area contributed by atoms with Gasteiger partial charge in [0.05, 0.1) is 24.0 Å². The number of carbonyl (C=O) groups excluding carboxylic acids is 1. The number of rotatable bonds is 5. The molecule has 5 nitrogen and oxygen atoms in total. The molecule has 1 amide bonds. The summed E-state index contributed by atoms with van der Waals surface area (Å²) in [5.74, 6) is 0.308. The van der Waals surface area contributed by atoms with E-state index in [2.05, 4.69) is 22.1 Å². The molecule has 3 rings (SSSR count). The molecule has 0 aliphatic carbocycles. The van der Waals surface area contributed by atoms with E-state index in [9.17, 15) is 4.79 Å². The van der Waals surface area contributed by atoms with Gasteiger partial charge in [-0.2, -0.15) is 0 Å². The number of hydrogen-bond donors (Lipinski definition) is 1. The first-order valence-corrected chi connectivity index (χ1v) is 9.37. The fourth-order valence-electron chi connectivity index (χ4n) is 3.39. The Balaban J connectivity index is 1.69. The predicted octanol–water partition coefficient (Wildman–Crippen LogP) is 4.76. The van der Waals surface area contributed by atoms with Gasteiger partial charge in [-0.05, 0) is 56.0 Å². The standard InChI is InChI=1S/C20H24ClN3O2/c1-3-15-6-4-5-11-24(15)16-8-9-18(22-13-16)20(25)23-14-7-10-19(26-2)17(21)12-14/h7-10,12-13,15H,3-6,11H2,1-2H3,(H,23,25). The molecule has 1 aromatic heterocycles. The summed E-state index contributed by atoms with van der Waals surface area (Å²) in [4.78, 5) is 19.2. The molecule has 0 saturated carbocycles. The van der Waals surface area contributed by atoms with Crippen molar-refractivity contribution in [1.29, 1.82) is 0 Å². The molecule has 1 aliphatic heterocycles. The summed E-state index contributed by atoms with van der Waals surface area (Å²) in [6, 6.07) is 9.44. The highest BCUT2D eigenvalue weighted by atomic mass is 35.5. The molecule has 6 heteroatoms. The van der Waals surface area contributed by atoms with Crippen LogP contribution in [0.25, 0.3) is 0 Å². The van der Waals surface area contributed by atoms with Crippen molar-refractivity contribution in [2.75, 3.05) is 23.9 Å². The highest BCUT2D eigenvalue weighted by Gasteiger charge is 2.21. The van der Waals surface area contributed by atoms with E-state index < -0.39 is 0 Å². The Hall–Kier alpha value is -2.27. The number of amides is 1. The van der Waals surface area contributed by atoms with Crippen molar-refractivity contribution in [3.8, 4) is 5.75 Å². The first-order valence-electron chi connectivity index (χ1n) is 9.00. The number of anilines is 2. The number of piperidine rings is 1. The van der Waals surface area contributed by atoms with E-state index in [1.807, 2.05) is 6.07 Å². The van der Waals surface area contributed by atoms with Crippen LogP contribution in [0.1, 0.15) is 43.1 Å². The van der Waals surface area contributed by atoms with Gasteiger partial charge in [-0.25, -0.2) is 4.98 Å². The van der Waals surface area contributed by atoms with Crippen LogP contribution < -0.4 is 15.0 Å². The Morgan fingerprint density at radius 1 is 1.35 bits per heavy atom. The number of aromatic nitrogens is 1. The van der Waals surface area contributed by atoms with E-state index in [4.69, 9.17) is 16.3 Å². The zero-order chi connectivity index (χ0) is 18.5. The van der Waals surface area contributed by atoms with E-state index in [-0.39, 0.29) is 5.91 Å². The molecule has 2 heterocycles. The van der Waals surface area contributed by atoms with Gasteiger partial charge in [0, 0.05) is 18.3 Å². The third-order valence-corrected chi connectivity index (χ3v) is 5.12. The molecule has 138 valence electrons. The lowest BCUT2D eigenvalue weighted by Crippen LogP contribution is -2.39. The van der Waals surface area contributed by atoms with Crippen LogP contribution in [0.3, 0.4) is 0 Å². The van der Waals surface area contributed by atoms with Crippen molar-refractivity contribution in [1.82, 2.24) is 4.98 Å². The van der Waals surface area contributed by atoms with Crippen LogP contribution in [0.5, 0.6) is 5.75 Å². The van der Waals surface area contributed by atoms with Gasteiger partial charge in [0.1, 0.15) is 11.4 Å². The molecule has 1 fully saturated rings. The minimum Gasteiger partial charge on any atom is -0.495 e. The number of hydrogen-bond acceptors (Lipinski definition) is 4. The van der Waals surface area contributed by atoms with Gasteiger partial charge in [-0.1, -0.05) is 18.5 Å². The Labute approximate surface area is 159 Å². The van der Waals surface area contributed by atoms with Crippen molar-refractivity contribution >= 4 is 28.9 Å². The largest absolute Gasteiger partial charge is 0.495 e. The summed E-state index contributed by atoms with van der Waals surface area (Å²) in [5.41, 5.74) is 2.07. The smallest absolute Gasteiger partial charge is 0.274 e. The number of benzene rings is 1. The highest BCUT2D eigenvalue weighted by Crippen LogP contribution is 2.28. The second kappa shape index (κ2) is 8.41. The van der Waals surface area contributed by atoms with Gasteiger partial charge < -0.3 is 15.0 Å². The van der Waals surface area contributed by atoms with Crippen LogP contribution in [0.15, 0.2) is 36.5 Å². The fourth-order valence-corrected chi connectivity index (χ4v) is 3.65. The molecular weight excluding hydrogens is 350 g/mol. The summed E-state index contributed by atoms with van der Waals surface area (Å²) >= 11 is 6.10. The fraction of sp³-hybridized carbons (Fsp3) is 0.400. The molecule has 0 bridgehead atoms. The molecule has 1 aliphatic rings. The zero-order valence-corrected chi connectivity index (χ0v) is 15.9. The first-order chi connectivity index (χ1) is 12.6. The van der Waals surface area contributed by atoms with Gasteiger partial charge in [-0.15, -0.1) is 0 Å². The summed E-state index contributed by atoms with van der Waals surface area (Å²) in [5, 5.41) is 3.26. The van der Waals surface area contributed by atoms with E-state index in [1.54, 1.807) is 37.6 Å². The van der Waals surface area contributed by atoms with Crippen LogP contribution in [0.2, 0.25) is 5.02 Å². The van der Waals surface area contributed by atoms with Crippen LogP contribution in [0, 0.1) is 0 Å². The molecule has 0 spiro atoms. The lowest BCUT2D eigenvalue weighted by atomic mass is 9.99. The topological polar surface area (TPSA) is 54.5 Å². The third kappa shape index (κ3) is 4.10. The van der Waals surface area contributed by atoms with Crippen molar-refractivity contribution in [3.63, 3.8) is 0 Å². The van der Waals surface area contributed by atoms with Crippen LogP contribution >= 0.6 is 11.6 Å². The second-order valence-electron chi connectivity index (χ2n) is 6.46. The van der Waals surface area contributed by atoms with Crippen molar-refractivity contribution in [2.24, 2.45) is 0 Å². The maximum absolute atomic E-state index is 12.4. The minimum atomic E-state index is -0.261. The van der Waals surface area contributed by atoms with Crippen LogP contribution in [-0.4, -0.2) is 30.6 Å². The Morgan fingerprint density at radius 3 is 2.85 bits per heavy atom. The summed E-state index contributed by atoms with van der Waals surface area (Å²) in [6.07, 6.45) is 6.63. The molecule has 1 aromatic carbocycles. The maximum Gasteiger partial charge on any atom is 0.274 e. The van der Waals surface area contributed by atoms with Crippen molar-refractivity contribution in [2.45, 2.75) is 38.6 Å². The van der Waals surface area contributed by atoms with Gasteiger partial charge in [0.25, 0.3) is 5.91 Å². The monoisotopic (exact) mass is 373 g/mol. The maximum atomic E-state index is 12.4. The summed E-state index contributed by atoms with van der Waals surface area (Å²) in [7, 11) is 1.55. The highest BCUT2D eigenvalue weighted by molar-refractivity contribution is 6.32. The van der Waals surface area contributed by atoms with E-state index in [0.717, 1.165) is 18.7 Å². The lowest BCUT2D eigenvalue weighted by molar-refractivity contribution is 0.102. The summed E-state index contributed by atoms with van der Waals surface area (Å²) in [6.45, 7) is 3.27. The lowest BCUT2D eigenvalue weighted by Gasteiger charge is -2.37. The van der Waals surface area contributed by atoms with E-state index >= 15 is 0 Å². The molecule has 1 unspecified atom stereocenters. The number of carbonyl (C=O) groups is 1. The third-order valence-electron chi connectivity index (χ3n) is 4.82. The average molecular weight is 374 g/mol. The minimum absolute atomic E-state index is 0.261. The second-order valence-corrected chi connectivity index (χ2v) is 6.86. The number of halogens is 1. The Bertz CT molecular complexity index is 764. The molecule has 26 heavy (non-hydrogen) atoms. The zero-order valence-electron chi connectivity index (χ0n) is 15.2.